The maximum atomic E-state index is 11.5. The normalized spacial score (nSPS) is 11.7. The van der Waals surface area contributed by atoms with E-state index in [-0.39, 0.29) is 11.4 Å². The lowest BCUT2D eigenvalue weighted by atomic mass is 9.93. The third-order valence-electron chi connectivity index (χ3n) is 2.62. The fraction of sp³-hybridized carbons (Fsp3) is 0.615. The van der Waals surface area contributed by atoms with Crippen LogP contribution in [0.5, 0.6) is 0 Å². The van der Waals surface area contributed by atoms with E-state index in [1.807, 2.05) is 0 Å². The summed E-state index contributed by atoms with van der Waals surface area (Å²) in [4.78, 5) is 14.1. The van der Waals surface area contributed by atoms with Crippen molar-refractivity contribution < 1.29 is 9.53 Å². The predicted molar refractivity (Wildman–Crippen MR) is 80.9 cm³/mol. The van der Waals surface area contributed by atoms with E-state index in [2.05, 4.69) is 42.9 Å². The second-order valence-corrected chi connectivity index (χ2v) is 6.69. The first kappa shape index (κ1) is 15.8. The second-order valence-electron chi connectivity index (χ2n) is 5.64. The Morgan fingerprint density at radius 1 is 1.53 bits per heavy atom. The fourth-order valence-corrected chi connectivity index (χ4v) is 2.88. The zero-order valence-corrected chi connectivity index (χ0v) is 13.1. The number of hydrogen-bond acceptors (Lipinski definition) is 6. The smallest absolute Gasteiger partial charge is 0.350 e. The molecule has 0 atom stereocenters. The second kappa shape index (κ2) is 6.25. The first-order chi connectivity index (χ1) is 8.75. The van der Waals surface area contributed by atoms with Gasteiger partial charge in [0.1, 0.15) is 4.88 Å². The third-order valence-corrected chi connectivity index (χ3v) is 3.71. The van der Waals surface area contributed by atoms with Gasteiger partial charge in [0, 0.05) is 13.1 Å². The molecular weight excluding hydrogens is 262 g/mol. The van der Waals surface area contributed by atoms with E-state index in [0.29, 0.717) is 10.6 Å². The van der Waals surface area contributed by atoms with Gasteiger partial charge in [-0.1, -0.05) is 13.8 Å². The van der Waals surface area contributed by atoms with E-state index in [1.165, 1.54) is 18.4 Å². The zero-order valence-electron chi connectivity index (χ0n) is 12.2. The fourth-order valence-electron chi connectivity index (χ4n) is 1.98. The Kier molecular flexibility index (Phi) is 5.20. The van der Waals surface area contributed by atoms with Gasteiger partial charge in [-0.05, 0) is 25.6 Å². The molecule has 0 aliphatic carbocycles. The highest BCUT2D eigenvalue weighted by atomic mass is 32.1. The van der Waals surface area contributed by atoms with E-state index >= 15 is 0 Å². The van der Waals surface area contributed by atoms with Gasteiger partial charge in [-0.3, -0.25) is 0 Å². The molecule has 5 nitrogen and oxygen atoms in total. The molecule has 0 spiro atoms. The summed E-state index contributed by atoms with van der Waals surface area (Å²) < 4.78 is 4.69. The van der Waals surface area contributed by atoms with Crippen LogP contribution in [0.25, 0.3) is 0 Å². The molecule has 0 amide bonds. The molecular formula is C13H23N3O2S. The number of esters is 1. The lowest BCUT2D eigenvalue weighted by molar-refractivity contribution is 0.0607. The van der Waals surface area contributed by atoms with Crippen LogP contribution in [-0.4, -0.2) is 45.2 Å². The molecule has 6 heteroatoms. The van der Waals surface area contributed by atoms with E-state index < -0.39 is 0 Å². The maximum Gasteiger partial charge on any atom is 0.350 e. The maximum absolute atomic E-state index is 11.5. The number of nitrogens with two attached hydrogens (primary N) is 1. The van der Waals surface area contributed by atoms with E-state index in [1.54, 1.807) is 6.07 Å². The van der Waals surface area contributed by atoms with Crippen LogP contribution >= 0.6 is 11.3 Å². The molecule has 0 saturated carbocycles. The van der Waals surface area contributed by atoms with Crippen molar-refractivity contribution in [1.29, 1.82) is 0 Å². The van der Waals surface area contributed by atoms with Gasteiger partial charge >= 0.3 is 5.97 Å². The summed E-state index contributed by atoms with van der Waals surface area (Å²) in [5, 5.41) is 4.23. The molecule has 0 aromatic carbocycles. The molecule has 0 radical (unpaired) electrons. The molecule has 1 aromatic rings. The predicted octanol–water partition coefficient (Wildman–Crippen LogP) is 2.12. The van der Waals surface area contributed by atoms with Crippen LogP contribution in [0.4, 0.5) is 10.7 Å². The Labute approximate surface area is 118 Å². The van der Waals surface area contributed by atoms with E-state index in [9.17, 15) is 4.79 Å². The summed E-state index contributed by atoms with van der Waals surface area (Å²) in [5.41, 5.74) is 6.39. The van der Waals surface area contributed by atoms with Gasteiger partial charge in [0.2, 0.25) is 0 Å². The third kappa shape index (κ3) is 4.72. The van der Waals surface area contributed by atoms with Gasteiger partial charge in [0.05, 0.1) is 17.8 Å². The van der Waals surface area contributed by atoms with Crippen LogP contribution in [0, 0.1) is 5.41 Å². The first-order valence-electron chi connectivity index (χ1n) is 6.11. The number of hydrogen-bond donors (Lipinski definition) is 2. The quantitative estimate of drug-likeness (QED) is 0.784. The molecule has 0 fully saturated rings. The molecule has 0 bridgehead atoms. The van der Waals surface area contributed by atoms with Crippen molar-refractivity contribution in [3.8, 4) is 0 Å². The van der Waals surface area contributed by atoms with Crippen LogP contribution in [0.15, 0.2) is 6.07 Å². The summed E-state index contributed by atoms with van der Waals surface area (Å²) in [6.07, 6.45) is 0. The van der Waals surface area contributed by atoms with Crippen LogP contribution in [0.1, 0.15) is 23.5 Å². The number of carbonyl (C=O) groups is 1. The number of nitrogen functional groups attached to an aromatic ring is 1. The van der Waals surface area contributed by atoms with Crippen LogP contribution < -0.4 is 11.1 Å². The molecule has 1 rings (SSSR count). The van der Waals surface area contributed by atoms with Gasteiger partial charge in [0.15, 0.2) is 0 Å². The molecule has 0 unspecified atom stereocenters. The number of rotatable bonds is 6. The van der Waals surface area contributed by atoms with Crippen molar-refractivity contribution in [2.75, 3.05) is 45.3 Å². The van der Waals surface area contributed by atoms with Gasteiger partial charge in [-0.2, -0.15) is 0 Å². The lowest BCUT2D eigenvalue weighted by Gasteiger charge is -2.28. The van der Waals surface area contributed by atoms with Gasteiger partial charge in [-0.15, -0.1) is 11.3 Å². The average Bonchev–Trinajstić information content (AvgIpc) is 2.65. The Bertz CT molecular complexity index is 441. The summed E-state index contributed by atoms with van der Waals surface area (Å²) in [6, 6.07) is 1.78. The van der Waals surface area contributed by atoms with Crippen molar-refractivity contribution in [3.05, 3.63) is 10.9 Å². The monoisotopic (exact) mass is 285 g/mol. The number of nitrogens with one attached hydrogen (secondary N) is 1. The Morgan fingerprint density at radius 2 is 2.16 bits per heavy atom. The molecule has 0 aliphatic rings. The minimum atomic E-state index is -0.386. The lowest BCUT2D eigenvalue weighted by Crippen LogP contribution is -2.34. The van der Waals surface area contributed by atoms with E-state index in [0.717, 1.165) is 18.1 Å². The molecule has 1 heterocycles. The summed E-state index contributed by atoms with van der Waals surface area (Å²) in [6.45, 7) is 6.17. The topological polar surface area (TPSA) is 67.6 Å². The van der Waals surface area contributed by atoms with Crippen molar-refractivity contribution in [3.63, 3.8) is 0 Å². The largest absolute Gasteiger partial charge is 0.465 e. The highest BCUT2D eigenvalue weighted by Crippen LogP contribution is 2.30. The summed E-state index contributed by atoms with van der Waals surface area (Å²) in [5.74, 6) is -0.386. The number of carbonyl (C=O) groups excluding carboxylic acids is 1. The van der Waals surface area contributed by atoms with Gasteiger partial charge < -0.3 is 20.7 Å². The summed E-state index contributed by atoms with van der Waals surface area (Å²) >= 11 is 1.33. The van der Waals surface area contributed by atoms with Gasteiger partial charge in [-0.25, -0.2) is 4.79 Å². The molecule has 1 aromatic heterocycles. The van der Waals surface area contributed by atoms with Crippen molar-refractivity contribution >= 4 is 28.0 Å². The Morgan fingerprint density at radius 3 is 2.68 bits per heavy atom. The van der Waals surface area contributed by atoms with Crippen molar-refractivity contribution in [2.45, 2.75) is 13.8 Å². The zero-order chi connectivity index (χ0) is 14.6. The minimum absolute atomic E-state index is 0.133. The molecule has 19 heavy (non-hydrogen) atoms. The van der Waals surface area contributed by atoms with Crippen LogP contribution in [-0.2, 0) is 4.74 Å². The highest BCUT2D eigenvalue weighted by Gasteiger charge is 2.20. The Hall–Kier alpha value is -1.27. The van der Waals surface area contributed by atoms with Crippen molar-refractivity contribution in [1.82, 2.24) is 4.90 Å². The van der Waals surface area contributed by atoms with Crippen LogP contribution in [0.3, 0.4) is 0 Å². The Balaban J connectivity index is 2.66. The number of methoxy groups -OCH3 is 1. The molecule has 108 valence electrons. The molecule has 3 N–H and O–H groups in total. The van der Waals surface area contributed by atoms with Crippen molar-refractivity contribution in [2.24, 2.45) is 5.41 Å². The highest BCUT2D eigenvalue weighted by molar-refractivity contribution is 7.18. The number of thiophene rings is 1. The summed E-state index contributed by atoms with van der Waals surface area (Å²) in [7, 11) is 5.47. The first-order valence-corrected chi connectivity index (χ1v) is 6.93. The average molecular weight is 285 g/mol. The number of nitrogens with zero attached hydrogens (tertiary/aromatic N) is 1. The minimum Gasteiger partial charge on any atom is -0.465 e. The van der Waals surface area contributed by atoms with E-state index in [4.69, 9.17) is 5.73 Å². The number of anilines is 2. The molecule has 0 aliphatic heterocycles. The number of ether oxygens (including phenoxy) is 1. The SMILES string of the molecule is COC(=O)c1sc(NCC(C)(C)CN(C)C)cc1N. The van der Waals surface area contributed by atoms with Crippen LogP contribution in [0.2, 0.25) is 0 Å². The van der Waals surface area contributed by atoms with Gasteiger partial charge in [0.25, 0.3) is 0 Å². The molecule has 0 saturated heterocycles. The standard InChI is InChI=1S/C13H23N3O2S/c1-13(2,8-16(3)4)7-15-10-6-9(14)11(19-10)12(17)18-5/h6,15H,7-8,14H2,1-5H3.